The number of carbonyl (C=O) groups is 2. The van der Waals surface area contributed by atoms with E-state index in [1.807, 2.05) is 31.3 Å². The van der Waals surface area contributed by atoms with Gasteiger partial charge < -0.3 is 24.7 Å². The van der Waals surface area contributed by atoms with Gasteiger partial charge in [-0.15, -0.1) is 0 Å². The van der Waals surface area contributed by atoms with Crippen LogP contribution >= 0.6 is 0 Å². The number of carbonyl (C=O) groups excluding carboxylic acids is 2. The molecule has 0 aliphatic carbocycles. The van der Waals surface area contributed by atoms with Crippen molar-refractivity contribution in [3.05, 3.63) is 59.8 Å². The highest BCUT2D eigenvalue weighted by atomic mass is 16.7. The molecule has 0 radical (unpaired) electrons. The van der Waals surface area contributed by atoms with E-state index < -0.39 is 0 Å². The fourth-order valence-electron chi connectivity index (χ4n) is 3.21. The lowest BCUT2D eigenvalue weighted by Gasteiger charge is -2.21. The van der Waals surface area contributed by atoms with Crippen LogP contribution in [0.15, 0.2) is 48.7 Å². The Kier molecular flexibility index (Phi) is 4.89. The molecule has 1 aromatic heterocycles. The molecule has 144 valence electrons. The van der Waals surface area contributed by atoms with Gasteiger partial charge in [-0.05, 0) is 54.3 Å². The number of aromatic nitrogens is 1. The van der Waals surface area contributed by atoms with Crippen LogP contribution in [0.3, 0.4) is 0 Å². The highest BCUT2D eigenvalue weighted by Crippen LogP contribution is 2.32. The molecule has 1 aliphatic heterocycles. The molecule has 0 fully saturated rings. The van der Waals surface area contributed by atoms with Crippen LogP contribution in [0.1, 0.15) is 22.8 Å². The van der Waals surface area contributed by atoms with Crippen LogP contribution in [-0.2, 0) is 11.3 Å². The molecule has 0 unspecified atom stereocenters. The number of likely N-dealkylation sites (N-methyl/N-ethyl adjacent to an activating group) is 1. The number of hydrogen-bond acceptors (Lipinski definition) is 4. The Hall–Kier alpha value is -3.48. The first kappa shape index (κ1) is 17.9. The fraction of sp³-hybridized carbons (Fsp3) is 0.238. The molecule has 7 heteroatoms. The van der Waals surface area contributed by atoms with Crippen molar-refractivity contribution < 1.29 is 19.1 Å². The second-order valence-electron chi connectivity index (χ2n) is 6.56. The van der Waals surface area contributed by atoms with Gasteiger partial charge in [-0.25, -0.2) is 0 Å². The Morgan fingerprint density at radius 1 is 1.11 bits per heavy atom. The van der Waals surface area contributed by atoms with Gasteiger partial charge in [0.1, 0.15) is 0 Å². The molecule has 0 bridgehead atoms. The molecule has 2 aromatic carbocycles. The molecular formula is C21H21N3O4. The smallest absolute Gasteiger partial charge is 0.251 e. The number of ether oxygens (including phenoxy) is 2. The molecule has 2 N–H and O–H groups in total. The summed E-state index contributed by atoms with van der Waals surface area (Å²) in [7, 11) is 0. The Labute approximate surface area is 162 Å². The summed E-state index contributed by atoms with van der Waals surface area (Å²) in [5.74, 6) is 0.695. The molecule has 7 nitrogen and oxygen atoms in total. The van der Waals surface area contributed by atoms with Crippen molar-refractivity contribution in [1.82, 2.24) is 15.2 Å². The number of H-pyrrole nitrogens is 1. The second-order valence-corrected chi connectivity index (χ2v) is 6.56. The summed E-state index contributed by atoms with van der Waals surface area (Å²) in [6.45, 7) is 3.07. The summed E-state index contributed by atoms with van der Waals surface area (Å²) < 4.78 is 10.5. The van der Waals surface area contributed by atoms with Gasteiger partial charge in [-0.1, -0.05) is 6.07 Å². The topological polar surface area (TPSA) is 83.7 Å². The van der Waals surface area contributed by atoms with E-state index in [2.05, 4.69) is 16.4 Å². The van der Waals surface area contributed by atoms with E-state index in [9.17, 15) is 9.59 Å². The number of nitrogens with zero attached hydrogens (tertiary/aromatic N) is 1. The fourth-order valence-corrected chi connectivity index (χ4v) is 3.21. The van der Waals surface area contributed by atoms with E-state index in [0.717, 1.165) is 16.5 Å². The summed E-state index contributed by atoms with van der Waals surface area (Å²) >= 11 is 0. The van der Waals surface area contributed by atoms with Crippen molar-refractivity contribution in [3.8, 4) is 11.5 Å². The standard InChI is InChI=1S/C21H21N3O4/c1-2-24(12-14-3-5-17-15(9-14)7-8-22-17)20(25)11-23-21(26)16-4-6-18-19(10-16)28-13-27-18/h3-10,22H,2,11-13H2,1H3,(H,23,26). The van der Waals surface area contributed by atoms with Gasteiger partial charge in [0.2, 0.25) is 12.7 Å². The first-order chi connectivity index (χ1) is 13.6. The van der Waals surface area contributed by atoms with E-state index in [-0.39, 0.29) is 25.2 Å². The zero-order valence-electron chi connectivity index (χ0n) is 15.5. The zero-order valence-corrected chi connectivity index (χ0v) is 15.5. The van der Waals surface area contributed by atoms with E-state index >= 15 is 0 Å². The predicted molar refractivity (Wildman–Crippen MR) is 104 cm³/mol. The molecule has 4 rings (SSSR count). The monoisotopic (exact) mass is 379 g/mol. The minimum atomic E-state index is -0.323. The van der Waals surface area contributed by atoms with Crippen molar-refractivity contribution in [2.45, 2.75) is 13.5 Å². The summed E-state index contributed by atoms with van der Waals surface area (Å²) in [6, 6.07) is 13.0. The third-order valence-electron chi connectivity index (χ3n) is 4.76. The Morgan fingerprint density at radius 2 is 1.96 bits per heavy atom. The molecule has 0 saturated heterocycles. The maximum atomic E-state index is 12.6. The normalized spacial score (nSPS) is 12.2. The molecule has 3 aromatic rings. The lowest BCUT2D eigenvalue weighted by atomic mass is 10.1. The quantitative estimate of drug-likeness (QED) is 0.690. The van der Waals surface area contributed by atoms with Crippen molar-refractivity contribution >= 4 is 22.7 Å². The number of hydrogen-bond donors (Lipinski definition) is 2. The number of fused-ring (bicyclic) bond motifs is 2. The molecule has 0 atom stereocenters. The van der Waals surface area contributed by atoms with Crippen LogP contribution in [0.4, 0.5) is 0 Å². The van der Waals surface area contributed by atoms with E-state index in [1.165, 1.54) is 0 Å². The van der Waals surface area contributed by atoms with E-state index in [1.54, 1.807) is 23.1 Å². The Morgan fingerprint density at radius 3 is 2.82 bits per heavy atom. The van der Waals surface area contributed by atoms with Crippen LogP contribution < -0.4 is 14.8 Å². The van der Waals surface area contributed by atoms with Gasteiger partial charge >= 0.3 is 0 Å². The Balaban J connectivity index is 1.36. The van der Waals surface area contributed by atoms with Crippen LogP contribution in [-0.4, -0.2) is 41.6 Å². The van der Waals surface area contributed by atoms with Crippen molar-refractivity contribution in [1.29, 1.82) is 0 Å². The van der Waals surface area contributed by atoms with Crippen molar-refractivity contribution in [2.75, 3.05) is 19.9 Å². The molecule has 1 aliphatic rings. The zero-order chi connectivity index (χ0) is 19.5. The first-order valence-electron chi connectivity index (χ1n) is 9.15. The average Bonchev–Trinajstić information content (AvgIpc) is 3.37. The average molecular weight is 379 g/mol. The van der Waals surface area contributed by atoms with Crippen LogP contribution in [0.5, 0.6) is 11.5 Å². The van der Waals surface area contributed by atoms with Gasteiger partial charge in [0, 0.05) is 30.4 Å². The largest absolute Gasteiger partial charge is 0.454 e. The minimum Gasteiger partial charge on any atom is -0.454 e. The van der Waals surface area contributed by atoms with Crippen molar-refractivity contribution in [2.24, 2.45) is 0 Å². The minimum absolute atomic E-state index is 0.0620. The van der Waals surface area contributed by atoms with Crippen LogP contribution in [0, 0.1) is 0 Å². The third-order valence-corrected chi connectivity index (χ3v) is 4.76. The molecule has 2 amide bonds. The van der Waals surface area contributed by atoms with E-state index in [4.69, 9.17) is 9.47 Å². The summed E-state index contributed by atoms with van der Waals surface area (Å²) in [6.07, 6.45) is 1.89. The highest BCUT2D eigenvalue weighted by Gasteiger charge is 2.18. The van der Waals surface area contributed by atoms with Crippen molar-refractivity contribution in [3.63, 3.8) is 0 Å². The second kappa shape index (κ2) is 7.64. The summed E-state index contributed by atoms with van der Waals surface area (Å²) in [4.78, 5) is 29.8. The summed E-state index contributed by atoms with van der Waals surface area (Å²) in [5, 5.41) is 3.79. The molecule has 28 heavy (non-hydrogen) atoms. The van der Waals surface area contributed by atoms with Gasteiger partial charge in [-0.2, -0.15) is 0 Å². The molecule has 0 spiro atoms. The maximum absolute atomic E-state index is 12.6. The number of nitrogens with one attached hydrogen (secondary N) is 2. The maximum Gasteiger partial charge on any atom is 0.251 e. The lowest BCUT2D eigenvalue weighted by Crippen LogP contribution is -2.39. The predicted octanol–water partition coefficient (Wildman–Crippen LogP) is 2.68. The van der Waals surface area contributed by atoms with Gasteiger partial charge in [0.25, 0.3) is 5.91 Å². The van der Waals surface area contributed by atoms with Crippen LogP contribution in [0.25, 0.3) is 10.9 Å². The van der Waals surface area contributed by atoms with Crippen LogP contribution in [0.2, 0.25) is 0 Å². The number of aromatic amines is 1. The number of amides is 2. The van der Waals surface area contributed by atoms with E-state index in [0.29, 0.717) is 30.2 Å². The molecule has 2 heterocycles. The first-order valence-corrected chi connectivity index (χ1v) is 9.15. The SMILES string of the molecule is CCN(Cc1ccc2[nH]ccc2c1)C(=O)CNC(=O)c1ccc2c(c1)OCO2. The van der Waals surface area contributed by atoms with Gasteiger partial charge in [0.05, 0.1) is 6.54 Å². The van der Waals surface area contributed by atoms with Gasteiger partial charge in [0.15, 0.2) is 11.5 Å². The third kappa shape index (κ3) is 3.64. The van der Waals surface area contributed by atoms with Gasteiger partial charge in [-0.3, -0.25) is 9.59 Å². The highest BCUT2D eigenvalue weighted by molar-refractivity contribution is 5.97. The number of rotatable bonds is 6. The molecular weight excluding hydrogens is 358 g/mol. The molecule has 0 saturated carbocycles. The summed E-state index contributed by atoms with van der Waals surface area (Å²) in [5.41, 5.74) is 2.54. The Bertz CT molecular complexity index is 1030. The lowest BCUT2D eigenvalue weighted by molar-refractivity contribution is -0.130. The number of benzene rings is 2.